The normalized spacial score (nSPS) is 11.8. The van der Waals surface area contributed by atoms with Crippen LogP contribution in [0.2, 0.25) is 0 Å². The Bertz CT molecular complexity index is 534. The highest BCUT2D eigenvalue weighted by Crippen LogP contribution is 2.54. The van der Waals surface area contributed by atoms with E-state index in [1.165, 1.54) is 0 Å². The molecule has 2 rings (SSSR count). The SMILES string of the molecule is CC(C)P(=O)(OCc1ccccc1)OCc1ccccc1. The van der Waals surface area contributed by atoms with Gasteiger partial charge in [-0.2, -0.15) is 0 Å². The van der Waals surface area contributed by atoms with E-state index in [9.17, 15) is 4.57 Å². The van der Waals surface area contributed by atoms with Crippen LogP contribution in [0.5, 0.6) is 0 Å². The predicted octanol–water partition coefficient (Wildman–Crippen LogP) is 5.02. The highest BCUT2D eigenvalue weighted by atomic mass is 31.2. The van der Waals surface area contributed by atoms with Crippen molar-refractivity contribution in [2.24, 2.45) is 0 Å². The smallest absolute Gasteiger partial charge is 0.304 e. The standard InChI is InChI=1S/C17H21O3P/c1-15(2)21(18,19-13-16-9-5-3-6-10-16)20-14-17-11-7-4-8-12-17/h3-12,15H,13-14H2,1-2H3. The molecule has 2 aromatic rings. The molecule has 112 valence electrons. The highest BCUT2D eigenvalue weighted by Gasteiger charge is 2.29. The van der Waals surface area contributed by atoms with Gasteiger partial charge in [0.05, 0.1) is 18.9 Å². The molecular weight excluding hydrogens is 283 g/mol. The first-order valence-electron chi connectivity index (χ1n) is 7.07. The van der Waals surface area contributed by atoms with Gasteiger partial charge in [-0.1, -0.05) is 74.5 Å². The maximum atomic E-state index is 12.8. The van der Waals surface area contributed by atoms with Gasteiger partial charge in [0.15, 0.2) is 0 Å². The summed E-state index contributed by atoms with van der Waals surface area (Å²) in [7, 11) is -3.12. The van der Waals surface area contributed by atoms with Gasteiger partial charge in [-0.3, -0.25) is 4.57 Å². The van der Waals surface area contributed by atoms with Crippen molar-refractivity contribution in [2.75, 3.05) is 0 Å². The molecule has 0 radical (unpaired) electrons. The summed E-state index contributed by atoms with van der Waals surface area (Å²) in [4.78, 5) is 0. The Hall–Kier alpha value is -1.41. The summed E-state index contributed by atoms with van der Waals surface area (Å²) in [5, 5.41) is 0. The van der Waals surface area contributed by atoms with Crippen molar-refractivity contribution < 1.29 is 13.6 Å². The third-order valence-corrected chi connectivity index (χ3v) is 5.38. The third-order valence-electron chi connectivity index (χ3n) is 3.14. The summed E-state index contributed by atoms with van der Waals surface area (Å²) in [6.07, 6.45) is 0. The zero-order valence-corrected chi connectivity index (χ0v) is 13.3. The van der Waals surface area contributed by atoms with Gasteiger partial charge in [0.25, 0.3) is 0 Å². The number of hydrogen-bond acceptors (Lipinski definition) is 3. The number of benzene rings is 2. The third kappa shape index (κ3) is 4.82. The van der Waals surface area contributed by atoms with Crippen LogP contribution >= 0.6 is 7.60 Å². The minimum Gasteiger partial charge on any atom is -0.304 e. The maximum absolute atomic E-state index is 12.8. The van der Waals surface area contributed by atoms with E-state index >= 15 is 0 Å². The summed E-state index contributed by atoms with van der Waals surface area (Å²) in [5.41, 5.74) is 1.80. The van der Waals surface area contributed by atoms with Gasteiger partial charge >= 0.3 is 7.60 Å². The van der Waals surface area contributed by atoms with Crippen molar-refractivity contribution in [3.05, 3.63) is 71.8 Å². The first-order chi connectivity index (χ1) is 10.1. The van der Waals surface area contributed by atoms with Crippen LogP contribution in [-0.2, 0) is 26.8 Å². The molecule has 0 heterocycles. The van der Waals surface area contributed by atoms with E-state index in [-0.39, 0.29) is 5.66 Å². The fourth-order valence-corrected chi connectivity index (χ4v) is 3.14. The summed E-state index contributed by atoms with van der Waals surface area (Å²) >= 11 is 0. The minimum absolute atomic E-state index is 0.176. The van der Waals surface area contributed by atoms with Crippen LogP contribution in [0, 0.1) is 0 Å². The van der Waals surface area contributed by atoms with Crippen LogP contribution in [0.4, 0.5) is 0 Å². The van der Waals surface area contributed by atoms with Crippen LogP contribution in [0.15, 0.2) is 60.7 Å². The molecule has 2 aromatic carbocycles. The summed E-state index contributed by atoms with van der Waals surface area (Å²) in [6, 6.07) is 19.4. The fourth-order valence-electron chi connectivity index (χ4n) is 1.81. The molecule has 0 spiro atoms. The van der Waals surface area contributed by atoms with Gasteiger partial charge < -0.3 is 9.05 Å². The highest BCUT2D eigenvalue weighted by molar-refractivity contribution is 7.54. The van der Waals surface area contributed by atoms with Crippen molar-refractivity contribution in [3.63, 3.8) is 0 Å². The van der Waals surface area contributed by atoms with E-state index in [4.69, 9.17) is 9.05 Å². The predicted molar refractivity (Wildman–Crippen MR) is 85.2 cm³/mol. The van der Waals surface area contributed by atoms with Crippen molar-refractivity contribution in [1.29, 1.82) is 0 Å². The van der Waals surface area contributed by atoms with Gasteiger partial charge in [0.2, 0.25) is 0 Å². The van der Waals surface area contributed by atoms with Crippen molar-refractivity contribution in [2.45, 2.75) is 32.7 Å². The Morgan fingerprint density at radius 1 is 0.810 bits per heavy atom. The Balaban J connectivity index is 1.98. The molecule has 0 atom stereocenters. The topological polar surface area (TPSA) is 35.5 Å². The second-order valence-corrected chi connectivity index (χ2v) is 7.78. The van der Waals surface area contributed by atoms with Crippen molar-refractivity contribution in [1.82, 2.24) is 0 Å². The van der Waals surface area contributed by atoms with Gasteiger partial charge in [-0.05, 0) is 11.1 Å². The summed E-state index contributed by atoms with van der Waals surface area (Å²) < 4.78 is 24.1. The molecular formula is C17H21O3P. The molecule has 4 heteroatoms. The second-order valence-electron chi connectivity index (χ2n) is 5.15. The van der Waals surface area contributed by atoms with Gasteiger partial charge in [0, 0.05) is 0 Å². The minimum atomic E-state index is -3.12. The molecule has 0 aromatic heterocycles. The van der Waals surface area contributed by atoms with Gasteiger partial charge in [0.1, 0.15) is 0 Å². The number of rotatable bonds is 7. The zero-order valence-electron chi connectivity index (χ0n) is 12.4. The lowest BCUT2D eigenvalue weighted by atomic mass is 10.2. The molecule has 0 aliphatic heterocycles. The Morgan fingerprint density at radius 3 is 1.52 bits per heavy atom. The second kappa shape index (κ2) is 7.56. The molecule has 0 bridgehead atoms. The Morgan fingerprint density at radius 2 is 1.19 bits per heavy atom. The van der Waals surface area contributed by atoms with Crippen molar-refractivity contribution >= 4 is 7.60 Å². The van der Waals surface area contributed by atoms with Crippen LogP contribution in [0.1, 0.15) is 25.0 Å². The lowest BCUT2D eigenvalue weighted by Crippen LogP contribution is -2.06. The molecule has 0 aliphatic rings. The molecule has 0 fully saturated rings. The monoisotopic (exact) mass is 304 g/mol. The summed E-state index contributed by atoms with van der Waals surface area (Å²) in [6.45, 7) is 4.31. The van der Waals surface area contributed by atoms with Crippen LogP contribution in [-0.4, -0.2) is 5.66 Å². The van der Waals surface area contributed by atoms with Gasteiger partial charge in [-0.15, -0.1) is 0 Å². The van der Waals surface area contributed by atoms with E-state index in [0.717, 1.165) is 11.1 Å². The molecule has 0 saturated carbocycles. The fraction of sp³-hybridized carbons (Fsp3) is 0.294. The van der Waals surface area contributed by atoms with E-state index in [2.05, 4.69) is 0 Å². The Kier molecular flexibility index (Phi) is 5.75. The largest absolute Gasteiger partial charge is 0.333 e. The van der Waals surface area contributed by atoms with Crippen LogP contribution < -0.4 is 0 Å². The summed E-state index contributed by atoms with van der Waals surface area (Å²) in [5.74, 6) is 0. The Labute approximate surface area is 126 Å². The van der Waals surface area contributed by atoms with Gasteiger partial charge in [-0.25, -0.2) is 0 Å². The first-order valence-corrected chi connectivity index (χ1v) is 8.68. The average molecular weight is 304 g/mol. The molecule has 0 unspecified atom stereocenters. The lowest BCUT2D eigenvalue weighted by molar-refractivity contribution is 0.186. The molecule has 0 aliphatic carbocycles. The van der Waals surface area contributed by atoms with E-state index in [1.807, 2.05) is 74.5 Å². The van der Waals surface area contributed by atoms with E-state index in [1.54, 1.807) is 0 Å². The van der Waals surface area contributed by atoms with E-state index < -0.39 is 7.60 Å². The molecule has 0 N–H and O–H groups in total. The quantitative estimate of drug-likeness (QED) is 0.674. The maximum Gasteiger partial charge on any atom is 0.333 e. The first kappa shape index (κ1) is 16.0. The van der Waals surface area contributed by atoms with Crippen LogP contribution in [0.3, 0.4) is 0 Å². The van der Waals surface area contributed by atoms with E-state index in [0.29, 0.717) is 13.2 Å². The molecule has 3 nitrogen and oxygen atoms in total. The van der Waals surface area contributed by atoms with Crippen molar-refractivity contribution in [3.8, 4) is 0 Å². The molecule has 21 heavy (non-hydrogen) atoms. The van der Waals surface area contributed by atoms with Crippen LogP contribution in [0.25, 0.3) is 0 Å². The zero-order chi connectivity index (χ0) is 15.1. The molecule has 0 amide bonds. The average Bonchev–Trinajstić information content (AvgIpc) is 2.53. The lowest BCUT2D eigenvalue weighted by Gasteiger charge is -2.22. The number of hydrogen-bond donors (Lipinski definition) is 0. The molecule has 0 saturated heterocycles.